The number of rotatable bonds is 4. The molecule has 0 bridgehead atoms. The Bertz CT molecular complexity index is 351. The molecule has 1 aromatic rings. The van der Waals surface area contributed by atoms with Gasteiger partial charge in [-0.3, -0.25) is 0 Å². The van der Waals surface area contributed by atoms with Gasteiger partial charge >= 0.3 is 6.18 Å². The molecular formula is C10H10ClF4N. The average Bonchev–Trinajstić information content (AvgIpc) is 2.17. The second-order valence-electron chi connectivity index (χ2n) is 3.27. The van der Waals surface area contributed by atoms with Crippen LogP contribution in [0.1, 0.15) is 12.8 Å². The number of hydrogen-bond acceptors (Lipinski definition) is 1. The molecule has 6 heteroatoms. The summed E-state index contributed by atoms with van der Waals surface area (Å²) in [6, 6.07) is 4.01. The van der Waals surface area contributed by atoms with E-state index in [1.54, 1.807) is 0 Å². The summed E-state index contributed by atoms with van der Waals surface area (Å²) in [5.41, 5.74) is 0.420. The first kappa shape index (κ1) is 13.1. The molecule has 0 aliphatic rings. The van der Waals surface area contributed by atoms with Gasteiger partial charge in [0.05, 0.1) is 5.02 Å². The minimum absolute atomic E-state index is 0.0131. The van der Waals surface area contributed by atoms with Gasteiger partial charge in [-0.25, -0.2) is 4.39 Å². The Morgan fingerprint density at radius 1 is 1.25 bits per heavy atom. The number of nitrogens with one attached hydrogen (secondary N) is 1. The van der Waals surface area contributed by atoms with Gasteiger partial charge in [-0.2, -0.15) is 13.2 Å². The van der Waals surface area contributed by atoms with Crippen molar-refractivity contribution in [1.82, 2.24) is 0 Å². The lowest BCUT2D eigenvalue weighted by atomic mass is 10.2. The van der Waals surface area contributed by atoms with Crippen LogP contribution in [-0.2, 0) is 0 Å². The molecule has 0 saturated heterocycles. The van der Waals surface area contributed by atoms with E-state index in [9.17, 15) is 17.6 Å². The van der Waals surface area contributed by atoms with E-state index < -0.39 is 18.4 Å². The zero-order valence-corrected chi connectivity index (χ0v) is 9.00. The van der Waals surface area contributed by atoms with E-state index in [4.69, 9.17) is 11.6 Å². The maximum atomic E-state index is 12.9. The fraction of sp³-hybridized carbons (Fsp3) is 0.400. The zero-order valence-electron chi connectivity index (χ0n) is 8.24. The third-order valence-corrected chi connectivity index (χ3v) is 2.19. The van der Waals surface area contributed by atoms with Gasteiger partial charge in [0, 0.05) is 18.7 Å². The number of alkyl halides is 3. The Balaban J connectivity index is 2.35. The summed E-state index contributed by atoms with van der Waals surface area (Å²) in [4.78, 5) is 0. The molecule has 1 N–H and O–H groups in total. The lowest BCUT2D eigenvalue weighted by Gasteiger charge is -2.08. The van der Waals surface area contributed by atoms with E-state index in [0.717, 1.165) is 6.07 Å². The van der Waals surface area contributed by atoms with Crippen molar-refractivity contribution in [1.29, 1.82) is 0 Å². The third kappa shape index (κ3) is 4.70. The molecule has 1 nitrogen and oxygen atoms in total. The van der Waals surface area contributed by atoms with Crippen molar-refractivity contribution in [2.24, 2.45) is 0 Å². The standard InChI is InChI=1S/C10H10ClF4N/c11-8-3-2-7(6-9(8)12)16-5-1-4-10(13,14)15/h2-3,6,16H,1,4-5H2. The summed E-state index contributed by atoms with van der Waals surface area (Å²) in [7, 11) is 0. The van der Waals surface area contributed by atoms with Gasteiger partial charge in [0.1, 0.15) is 5.82 Å². The summed E-state index contributed by atoms with van der Waals surface area (Å²) < 4.78 is 48.3. The molecule has 0 aliphatic heterocycles. The van der Waals surface area contributed by atoms with E-state index >= 15 is 0 Å². The van der Waals surface area contributed by atoms with E-state index in [1.165, 1.54) is 12.1 Å². The molecule has 0 radical (unpaired) electrons. The minimum atomic E-state index is -4.15. The van der Waals surface area contributed by atoms with Gasteiger partial charge in [-0.05, 0) is 24.6 Å². The van der Waals surface area contributed by atoms with Gasteiger partial charge in [-0.1, -0.05) is 11.6 Å². The van der Waals surface area contributed by atoms with Gasteiger partial charge < -0.3 is 5.32 Å². The zero-order chi connectivity index (χ0) is 12.2. The fourth-order valence-electron chi connectivity index (χ4n) is 1.13. The first-order valence-electron chi connectivity index (χ1n) is 4.64. The fourth-order valence-corrected chi connectivity index (χ4v) is 1.25. The Morgan fingerprint density at radius 3 is 2.50 bits per heavy atom. The minimum Gasteiger partial charge on any atom is -0.385 e. The van der Waals surface area contributed by atoms with Gasteiger partial charge in [-0.15, -0.1) is 0 Å². The quantitative estimate of drug-likeness (QED) is 0.627. The molecule has 0 aromatic heterocycles. The highest BCUT2D eigenvalue weighted by Crippen LogP contribution is 2.22. The molecule has 0 atom stereocenters. The van der Waals surface area contributed by atoms with Crippen LogP contribution < -0.4 is 5.32 Å². The maximum absolute atomic E-state index is 12.9. The van der Waals surface area contributed by atoms with E-state index in [0.29, 0.717) is 5.69 Å². The van der Waals surface area contributed by atoms with Crippen LogP contribution in [0.2, 0.25) is 5.02 Å². The third-order valence-electron chi connectivity index (χ3n) is 1.89. The Morgan fingerprint density at radius 2 is 1.94 bits per heavy atom. The smallest absolute Gasteiger partial charge is 0.385 e. The van der Waals surface area contributed by atoms with Gasteiger partial charge in [0.2, 0.25) is 0 Å². The molecule has 0 aliphatic carbocycles. The highest BCUT2D eigenvalue weighted by molar-refractivity contribution is 6.30. The highest BCUT2D eigenvalue weighted by atomic mass is 35.5. The molecule has 0 heterocycles. The molecule has 90 valence electrons. The summed E-state index contributed by atoms with van der Waals surface area (Å²) >= 11 is 5.45. The number of benzene rings is 1. The summed E-state index contributed by atoms with van der Waals surface area (Å²) in [6.07, 6.45) is -5.04. The molecule has 1 aromatic carbocycles. The average molecular weight is 256 g/mol. The molecule has 0 fully saturated rings. The van der Waals surface area contributed by atoms with Gasteiger partial charge in [0.25, 0.3) is 0 Å². The van der Waals surface area contributed by atoms with Crippen molar-refractivity contribution in [2.45, 2.75) is 19.0 Å². The van der Waals surface area contributed by atoms with Crippen molar-refractivity contribution < 1.29 is 17.6 Å². The Labute approximate surface area is 95.4 Å². The SMILES string of the molecule is Fc1cc(NCCCC(F)(F)F)ccc1Cl. The van der Waals surface area contributed by atoms with Crippen LogP contribution >= 0.6 is 11.6 Å². The van der Waals surface area contributed by atoms with E-state index in [1.807, 2.05) is 0 Å². The first-order valence-corrected chi connectivity index (χ1v) is 5.02. The summed E-state index contributed by atoms with van der Waals surface area (Å²) in [5.74, 6) is -0.595. The van der Waals surface area contributed by atoms with Crippen LogP contribution in [0.15, 0.2) is 18.2 Å². The van der Waals surface area contributed by atoms with E-state index in [2.05, 4.69) is 5.32 Å². The molecule has 0 spiro atoms. The van der Waals surface area contributed by atoms with Crippen molar-refractivity contribution in [2.75, 3.05) is 11.9 Å². The van der Waals surface area contributed by atoms with E-state index in [-0.39, 0.29) is 18.0 Å². The van der Waals surface area contributed by atoms with Crippen LogP contribution in [0.25, 0.3) is 0 Å². The predicted molar refractivity (Wildman–Crippen MR) is 55.2 cm³/mol. The highest BCUT2D eigenvalue weighted by Gasteiger charge is 2.25. The maximum Gasteiger partial charge on any atom is 0.389 e. The summed E-state index contributed by atoms with van der Waals surface area (Å²) in [6.45, 7) is 0.139. The molecule has 1 rings (SSSR count). The van der Waals surface area contributed by atoms with Crippen LogP contribution in [0.4, 0.5) is 23.2 Å². The largest absolute Gasteiger partial charge is 0.389 e. The molecule has 0 amide bonds. The van der Waals surface area contributed by atoms with Crippen molar-refractivity contribution in [3.63, 3.8) is 0 Å². The first-order chi connectivity index (χ1) is 7.38. The van der Waals surface area contributed by atoms with Gasteiger partial charge in [0.15, 0.2) is 0 Å². The van der Waals surface area contributed by atoms with Crippen molar-refractivity contribution >= 4 is 17.3 Å². The lowest BCUT2D eigenvalue weighted by Crippen LogP contribution is -2.10. The molecule has 0 saturated carbocycles. The molecular weight excluding hydrogens is 246 g/mol. The predicted octanol–water partition coefficient (Wildman–Crippen LogP) is 4.23. The normalized spacial score (nSPS) is 11.6. The van der Waals surface area contributed by atoms with Crippen molar-refractivity contribution in [3.8, 4) is 0 Å². The van der Waals surface area contributed by atoms with Crippen LogP contribution in [-0.4, -0.2) is 12.7 Å². The second-order valence-corrected chi connectivity index (χ2v) is 3.68. The second kappa shape index (κ2) is 5.39. The monoisotopic (exact) mass is 255 g/mol. The number of anilines is 1. The van der Waals surface area contributed by atoms with Crippen LogP contribution in [0.3, 0.4) is 0 Å². The number of hydrogen-bond donors (Lipinski definition) is 1. The Hall–Kier alpha value is -0.970. The Kier molecular flexibility index (Phi) is 4.41. The summed E-state index contributed by atoms with van der Waals surface area (Å²) in [5, 5.41) is 2.67. The molecule has 16 heavy (non-hydrogen) atoms. The van der Waals surface area contributed by atoms with Crippen molar-refractivity contribution in [3.05, 3.63) is 29.0 Å². The lowest BCUT2D eigenvalue weighted by molar-refractivity contribution is -0.134. The van der Waals surface area contributed by atoms with Crippen LogP contribution in [0.5, 0.6) is 0 Å². The number of halogens is 5. The van der Waals surface area contributed by atoms with Crippen LogP contribution in [0, 0.1) is 5.82 Å². The molecule has 0 unspecified atom stereocenters. The topological polar surface area (TPSA) is 12.0 Å².